The molecule has 0 atom stereocenters. The minimum atomic E-state index is -3.76. The summed E-state index contributed by atoms with van der Waals surface area (Å²) in [5.41, 5.74) is 2.36. The molecule has 3 heterocycles. The molecule has 33 heavy (non-hydrogen) atoms. The summed E-state index contributed by atoms with van der Waals surface area (Å²) in [5, 5.41) is 20.9. The molecular weight excluding hydrogens is 468 g/mol. The SMILES string of the molecule is CCn1cnc2c(NCc3ccc(S(N)(=O)=O)cc3)nc(Nc3nc(C)c(C(=O)O)s3)nc21. The molecule has 0 unspecified atom stereocenters. The number of carbonyl (C=O) groups is 1. The van der Waals surface area contributed by atoms with Crippen LogP contribution in [0.2, 0.25) is 0 Å². The number of nitrogens with zero attached hydrogens (tertiary/aromatic N) is 5. The number of hydrogen-bond donors (Lipinski definition) is 4. The number of aromatic carboxylic acids is 1. The number of nitrogens with one attached hydrogen (secondary N) is 2. The number of anilines is 3. The molecular formula is C19H20N8O4S2. The molecule has 0 radical (unpaired) electrons. The summed E-state index contributed by atoms with van der Waals surface area (Å²) in [6.07, 6.45) is 1.66. The molecule has 4 aromatic rings. The van der Waals surface area contributed by atoms with Gasteiger partial charge in [0, 0.05) is 13.1 Å². The van der Waals surface area contributed by atoms with E-state index in [4.69, 9.17) is 5.14 Å². The molecule has 0 aliphatic rings. The molecule has 0 amide bonds. The fourth-order valence-electron chi connectivity index (χ4n) is 3.08. The summed E-state index contributed by atoms with van der Waals surface area (Å²) in [6, 6.07) is 6.18. The highest BCUT2D eigenvalue weighted by Crippen LogP contribution is 2.27. The van der Waals surface area contributed by atoms with Crippen molar-refractivity contribution >= 4 is 55.4 Å². The van der Waals surface area contributed by atoms with Crippen LogP contribution < -0.4 is 15.8 Å². The van der Waals surface area contributed by atoms with Crippen molar-refractivity contribution in [2.75, 3.05) is 10.6 Å². The lowest BCUT2D eigenvalue weighted by molar-refractivity contribution is 0.0701. The quantitative estimate of drug-likeness (QED) is 0.287. The van der Waals surface area contributed by atoms with Crippen LogP contribution in [-0.4, -0.2) is 44.0 Å². The Kier molecular flexibility index (Phi) is 5.97. The summed E-state index contributed by atoms with van der Waals surface area (Å²) in [6.45, 7) is 4.56. The van der Waals surface area contributed by atoms with Crippen LogP contribution in [0.25, 0.3) is 11.2 Å². The summed E-state index contributed by atoms with van der Waals surface area (Å²) in [7, 11) is -3.76. The number of sulfonamides is 1. The highest BCUT2D eigenvalue weighted by Gasteiger charge is 2.17. The number of primary sulfonamides is 1. The maximum atomic E-state index is 11.4. The standard InChI is InChI=1S/C19H20N8O4S2/c1-3-27-9-22-13-15(21-8-11-4-6-12(7-5-11)33(20,30)31)24-18(25-16(13)27)26-19-23-10(2)14(32-19)17(28)29/h4-7,9H,3,8H2,1-2H3,(H,28,29)(H2,20,30,31)(H2,21,23,24,25,26). The van der Waals surface area contributed by atoms with Crippen LogP contribution in [-0.2, 0) is 23.1 Å². The van der Waals surface area contributed by atoms with E-state index in [1.165, 1.54) is 12.1 Å². The number of aromatic nitrogens is 5. The van der Waals surface area contributed by atoms with Crippen molar-refractivity contribution < 1.29 is 18.3 Å². The van der Waals surface area contributed by atoms with Gasteiger partial charge in [-0.25, -0.2) is 28.3 Å². The Hall–Kier alpha value is -3.62. The predicted molar refractivity (Wildman–Crippen MR) is 123 cm³/mol. The fourth-order valence-corrected chi connectivity index (χ4v) is 4.40. The molecule has 0 aliphatic heterocycles. The van der Waals surface area contributed by atoms with Gasteiger partial charge in [-0.1, -0.05) is 23.5 Å². The van der Waals surface area contributed by atoms with E-state index in [1.54, 1.807) is 25.4 Å². The fraction of sp³-hybridized carbons (Fsp3) is 0.211. The van der Waals surface area contributed by atoms with E-state index in [2.05, 4.69) is 30.6 Å². The topological polar surface area (TPSA) is 178 Å². The monoisotopic (exact) mass is 488 g/mol. The number of nitrogens with two attached hydrogens (primary N) is 1. The highest BCUT2D eigenvalue weighted by atomic mass is 32.2. The molecule has 0 bridgehead atoms. The number of rotatable bonds is 8. The van der Waals surface area contributed by atoms with Crippen molar-refractivity contribution in [2.24, 2.45) is 5.14 Å². The zero-order chi connectivity index (χ0) is 23.8. The first-order chi connectivity index (χ1) is 15.7. The zero-order valence-electron chi connectivity index (χ0n) is 17.6. The van der Waals surface area contributed by atoms with E-state index in [-0.39, 0.29) is 15.7 Å². The Morgan fingerprint density at radius 1 is 1.21 bits per heavy atom. The number of benzene rings is 1. The lowest BCUT2D eigenvalue weighted by atomic mass is 10.2. The molecule has 12 nitrogen and oxygen atoms in total. The lowest BCUT2D eigenvalue weighted by Crippen LogP contribution is -2.12. The second-order valence-corrected chi connectivity index (χ2v) is 9.57. The van der Waals surface area contributed by atoms with Crippen molar-refractivity contribution in [1.82, 2.24) is 24.5 Å². The minimum Gasteiger partial charge on any atom is -0.477 e. The van der Waals surface area contributed by atoms with Crippen molar-refractivity contribution in [3.8, 4) is 0 Å². The van der Waals surface area contributed by atoms with Gasteiger partial charge in [0.05, 0.1) is 16.9 Å². The van der Waals surface area contributed by atoms with Crippen LogP contribution in [0.4, 0.5) is 16.9 Å². The van der Waals surface area contributed by atoms with Crippen LogP contribution in [0.15, 0.2) is 35.5 Å². The highest BCUT2D eigenvalue weighted by molar-refractivity contribution is 7.89. The number of carboxylic acid groups (broad SMARTS) is 1. The number of thiazole rings is 1. The van der Waals surface area contributed by atoms with E-state index in [9.17, 15) is 18.3 Å². The molecule has 0 fully saturated rings. The first-order valence-electron chi connectivity index (χ1n) is 9.72. The largest absolute Gasteiger partial charge is 0.477 e. The molecule has 0 saturated carbocycles. The molecule has 0 spiro atoms. The van der Waals surface area contributed by atoms with Crippen molar-refractivity contribution in [2.45, 2.75) is 31.8 Å². The molecule has 0 saturated heterocycles. The summed E-state index contributed by atoms with van der Waals surface area (Å²) in [5.74, 6) is -0.360. The van der Waals surface area contributed by atoms with Crippen molar-refractivity contribution in [3.05, 3.63) is 46.7 Å². The minimum absolute atomic E-state index is 0.0309. The average molecular weight is 489 g/mol. The molecule has 4 rings (SSSR count). The third kappa shape index (κ3) is 4.76. The Balaban J connectivity index is 1.64. The number of imidazole rings is 1. The van der Waals surface area contributed by atoms with E-state index in [0.29, 0.717) is 40.9 Å². The summed E-state index contributed by atoms with van der Waals surface area (Å²) in [4.78, 5) is 29.1. The molecule has 1 aromatic carbocycles. The van der Waals surface area contributed by atoms with E-state index < -0.39 is 16.0 Å². The molecule has 3 aromatic heterocycles. The molecule has 0 aliphatic carbocycles. The van der Waals surface area contributed by atoms with E-state index >= 15 is 0 Å². The number of hydrogen-bond acceptors (Lipinski definition) is 10. The Morgan fingerprint density at radius 3 is 2.55 bits per heavy atom. The second kappa shape index (κ2) is 8.73. The second-order valence-electron chi connectivity index (χ2n) is 7.00. The van der Waals surface area contributed by atoms with E-state index in [0.717, 1.165) is 16.9 Å². The Labute approximate surface area is 192 Å². The third-order valence-corrected chi connectivity index (χ3v) is 6.72. The number of aryl methyl sites for hydroxylation is 2. The molecule has 172 valence electrons. The Bertz CT molecular complexity index is 1440. The Morgan fingerprint density at radius 2 is 1.94 bits per heavy atom. The number of fused-ring (bicyclic) bond motifs is 1. The zero-order valence-corrected chi connectivity index (χ0v) is 19.2. The van der Waals surface area contributed by atoms with Crippen LogP contribution in [0.5, 0.6) is 0 Å². The molecule has 14 heteroatoms. The van der Waals surface area contributed by atoms with Crippen molar-refractivity contribution in [1.29, 1.82) is 0 Å². The van der Waals surface area contributed by atoms with E-state index in [1.807, 2.05) is 11.5 Å². The van der Waals surface area contributed by atoms with Gasteiger partial charge >= 0.3 is 5.97 Å². The average Bonchev–Trinajstić information content (AvgIpc) is 3.34. The summed E-state index contributed by atoms with van der Waals surface area (Å²) < 4.78 is 24.7. The van der Waals surface area contributed by atoms with Gasteiger partial charge in [0.2, 0.25) is 16.0 Å². The van der Waals surface area contributed by atoms with Crippen LogP contribution in [0.3, 0.4) is 0 Å². The predicted octanol–water partition coefficient (Wildman–Crippen LogP) is 2.31. The number of carboxylic acids is 1. The summed E-state index contributed by atoms with van der Waals surface area (Å²) >= 11 is 0.995. The first-order valence-corrected chi connectivity index (χ1v) is 12.1. The van der Waals surface area contributed by atoms with Crippen LogP contribution >= 0.6 is 11.3 Å². The lowest BCUT2D eigenvalue weighted by Gasteiger charge is -2.10. The van der Waals surface area contributed by atoms with Gasteiger partial charge in [0.25, 0.3) is 0 Å². The van der Waals surface area contributed by atoms with Gasteiger partial charge in [-0.2, -0.15) is 9.97 Å². The smallest absolute Gasteiger partial charge is 0.347 e. The maximum absolute atomic E-state index is 11.4. The molecule has 5 N–H and O–H groups in total. The van der Waals surface area contributed by atoms with Gasteiger partial charge < -0.3 is 15.0 Å². The van der Waals surface area contributed by atoms with Gasteiger partial charge in [-0.15, -0.1) is 0 Å². The van der Waals surface area contributed by atoms with Gasteiger partial charge in [-0.05, 0) is 31.5 Å². The van der Waals surface area contributed by atoms with Crippen LogP contribution in [0.1, 0.15) is 27.9 Å². The normalized spacial score (nSPS) is 11.6. The first kappa shape index (κ1) is 22.6. The van der Waals surface area contributed by atoms with Gasteiger partial charge in [-0.3, -0.25) is 5.32 Å². The van der Waals surface area contributed by atoms with Crippen molar-refractivity contribution in [3.63, 3.8) is 0 Å². The van der Waals surface area contributed by atoms with Gasteiger partial charge in [0.1, 0.15) is 4.88 Å². The maximum Gasteiger partial charge on any atom is 0.347 e. The van der Waals surface area contributed by atoms with Crippen LogP contribution in [0, 0.1) is 6.92 Å². The van der Waals surface area contributed by atoms with Gasteiger partial charge in [0.15, 0.2) is 22.1 Å². The third-order valence-electron chi connectivity index (χ3n) is 4.73.